The lowest BCUT2D eigenvalue weighted by atomic mass is 10.1. The Balaban J connectivity index is 1.99. The molecule has 0 N–H and O–H groups in total. The Morgan fingerprint density at radius 1 is 1.16 bits per heavy atom. The van der Waals surface area contributed by atoms with Crippen molar-refractivity contribution < 1.29 is 4.52 Å². The van der Waals surface area contributed by atoms with E-state index in [0.717, 1.165) is 24.5 Å². The molecule has 2 aromatic rings. The molecule has 0 bridgehead atoms. The lowest BCUT2D eigenvalue weighted by Crippen LogP contribution is -2.17. The van der Waals surface area contributed by atoms with Crippen LogP contribution in [-0.4, -0.2) is 23.4 Å². The molecule has 0 unspecified atom stereocenters. The fourth-order valence-electron chi connectivity index (χ4n) is 2.10. The van der Waals surface area contributed by atoms with Gasteiger partial charge >= 0.3 is 0 Å². The van der Waals surface area contributed by atoms with Crippen LogP contribution < -0.4 is 0 Å². The molecular formula is C15H20N2OS. The van der Waals surface area contributed by atoms with E-state index in [9.17, 15) is 0 Å². The van der Waals surface area contributed by atoms with Crippen LogP contribution in [0.4, 0.5) is 0 Å². The Kier molecular flexibility index (Phi) is 4.66. The van der Waals surface area contributed by atoms with Crippen LogP contribution in [0.25, 0.3) is 0 Å². The molecule has 1 heterocycles. The van der Waals surface area contributed by atoms with Gasteiger partial charge in [-0.25, -0.2) is 0 Å². The highest BCUT2D eigenvalue weighted by atomic mass is 32.2. The normalized spacial score (nSPS) is 11.2. The summed E-state index contributed by atoms with van der Waals surface area (Å²) in [5, 5.41) is 3.99. The van der Waals surface area contributed by atoms with E-state index >= 15 is 0 Å². The first kappa shape index (κ1) is 14.2. The van der Waals surface area contributed by atoms with Gasteiger partial charge in [0, 0.05) is 23.5 Å². The summed E-state index contributed by atoms with van der Waals surface area (Å²) >= 11 is 1.77. The third-order valence-electron chi connectivity index (χ3n) is 3.22. The van der Waals surface area contributed by atoms with E-state index in [4.69, 9.17) is 4.52 Å². The zero-order chi connectivity index (χ0) is 13.8. The average molecular weight is 276 g/mol. The standard InChI is InChI=1S/C15H20N2OS/c1-11-15(12(2)18-16-11)10-17(3)9-13-5-7-14(19-4)8-6-13/h5-8H,9-10H2,1-4H3. The van der Waals surface area contributed by atoms with E-state index in [-0.39, 0.29) is 0 Å². The molecule has 0 radical (unpaired) electrons. The van der Waals surface area contributed by atoms with E-state index in [1.165, 1.54) is 16.0 Å². The monoisotopic (exact) mass is 276 g/mol. The van der Waals surface area contributed by atoms with Crippen molar-refractivity contribution in [2.75, 3.05) is 13.3 Å². The van der Waals surface area contributed by atoms with E-state index in [1.54, 1.807) is 11.8 Å². The molecule has 0 fully saturated rings. The molecule has 0 aliphatic heterocycles. The van der Waals surface area contributed by atoms with Gasteiger partial charge in [-0.1, -0.05) is 17.3 Å². The summed E-state index contributed by atoms with van der Waals surface area (Å²) in [4.78, 5) is 3.58. The smallest absolute Gasteiger partial charge is 0.138 e. The molecule has 0 amide bonds. The molecule has 19 heavy (non-hydrogen) atoms. The minimum Gasteiger partial charge on any atom is -0.361 e. The van der Waals surface area contributed by atoms with Crippen molar-refractivity contribution in [3.63, 3.8) is 0 Å². The molecule has 0 saturated heterocycles. The van der Waals surface area contributed by atoms with Crippen LogP contribution in [-0.2, 0) is 13.1 Å². The Bertz CT molecular complexity index is 514. The second-order valence-corrected chi connectivity index (χ2v) is 5.70. The van der Waals surface area contributed by atoms with Crippen LogP contribution in [0, 0.1) is 13.8 Å². The maximum Gasteiger partial charge on any atom is 0.138 e. The molecule has 0 atom stereocenters. The SMILES string of the molecule is CSc1ccc(CN(C)Cc2c(C)noc2C)cc1. The molecule has 4 heteroatoms. The maximum absolute atomic E-state index is 5.20. The zero-order valence-corrected chi connectivity index (χ0v) is 12.8. The largest absolute Gasteiger partial charge is 0.361 e. The molecule has 2 rings (SSSR count). The summed E-state index contributed by atoms with van der Waals surface area (Å²) in [6, 6.07) is 8.72. The van der Waals surface area contributed by atoms with Gasteiger partial charge in [-0.05, 0) is 44.8 Å². The number of hydrogen-bond donors (Lipinski definition) is 0. The minimum absolute atomic E-state index is 0.867. The third-order valence-corrected chi connectivity index (χ3v) is 3.96. The second kappa shape index (κ2) is 6.26. The van der Waals surface area contributed by atoms with Gasteiger partial charge < -0.3 is 4.52 Å². The highest BCUT2D eigenvalue weighted by Gasteiger charge is 2.11. The molecule has 1 aromatic carbocycles. The van der Waals surface area contributed by atoms with E-state index in [1.807, 2.05) is 13.8 Å². The Labute approximate surface area is 119 Å². The van der Waals surface area contributed by atoms with Crippen molar-refractivity contribution in [2.24, 2.45) is 0 Å². The lowest BCUT2D eigenvalue weighted by Gasteiger charge is -2.16. The molecule has 3 nitrogen and oxygen atoms in total. The van der Waals surface area contributed by atoms with Crippen molar-refractivity contribution in [1.82, 2.24) is 10.1 Å². The van der Waals surface area contributed by atoms with Gasteiger partial charge in [-0.2, -0.15) is 0 Å². The van der Waals surface area contributed by atoms with E-state index in [0.29, 0.717) is 0 Å². The fraction of sp³-hybridized carbons (Fsp3) is 0.400. The zero-order valence-electron chi connectivity index (χ0n) is 11.9. The number of hydrogen-bond acceptors (Lipinski definition) is 4. The summed E-state index contributed by atoms with van der Waals surface area (Å²) in [7, 11) is 2.12. The van der Waals surface area contributed by atoms with Gasteiger partial charge in [0.15, 0.2) is 0 Å². The van der Waals surface area contributed by atoms with E-state index < -0.39 is 0 Å². The first-order valence-corrected chi connectivity index (χ1v) is 7.56. The maximum atomic E-state index is 5.20. The number of thioether (sulfide) groups is 1. The van der Waals surface area contributed by atoms with Gasteiger partial charge in [-0.3, -0.25) is 4.90 Å². The van der Waals surface area contributed by atoms with Crippen molar-refractivity contribution >= 4 is 11.8 Å². The van der Waals surface area contributed by atoms with Crippen molar-refractivity contribution in [3.8, 4) is 0 Å². The van der Waals surface area contributed by atoms with Crippen molar-refractivity contribution in [2.45, 2.75) is 31.8 Å². The Morgan fingerprint density at radius 2 is 1.84 bits per heavy atom. The molecule has 0 aliphatic rings. The number of aromatic nitrogens is 1. The predicted octanol–water partition coefficient (Wildman–Crippen LogP) is 3.65. The fourth-order valence-corrected chi connectivity index (χ4v) is 2.50. The number of aryl methyl sites for hydroxylation is 2. The predicted molar refractivity (Wildman–Crippen MR) is 79.4 cm³/mol. The highest BCUT2D eigenvalue weighted by molar-refractivity contribution is 7.98. The first-order chi connectivity index (χ1) is 9.10. The Morgan fingerprint density at radius 3 is 2.37 bits per heavy atom. The average Bonchev–Trinajstić information content (AvgIpc) is 2.71. The summed E-state index contributed by atoms with van der Waals surface area (Å²) in [5.41, 5.74) is 3.51. The summed E-state index contributed by atoms with van der Waals surface area (Å²) in [6.07, 6.45) is 2.10. The summed E-state index contributed by atoms with van der Waals surface area (Å²) in [6.45, 7) is 5.76. The number of benzene rings is 1. The summed E-state index contributed by atoms with van der Waals surface area (Å²) < 4.78 is 5.20. The van der Waals surface area contributed by atoms with Crippen molar-refractivity contribution in [3.05, 3.63) is 46.8 Å². The van der Waals surface area contributed by atoms with Gasteiger partial charge in [0.2, 0.25) is 0 Å². The highest BCUT2D eigenvalue weighted by Crippen LogP contribution is 2.18. The second-order valence-electron chi connectivity index (χ2n) is 4.82. The topological polar surface area (TPSA) is 29.3 Å². The molecule has 0 spiro atoms. The quantitative estimate of drug-likeness (QED) is 0.780. The van der Waals surface area contributed by atoms with Gasteiger partial charge in [0.05, 0.1) is 5.69 Å². The van der Waals surface area contributed by atoms with Gasteiger partial charge in [0.1, 0.15) is 5.76 Å². The number of rotatable bonds is 5. The minimum atomic E-state index is 0.867. The van der Waals surface area contributed by atoms with Crippen molar-refractivity contribution in [1.29, 1.82) is 0 Å². The lowest BCUT2D eigenvalue weighted by molar-refractivity contribution is 0.315. The van der Waals surface area contributed by atoms with Crippen LogP contribution in [0.15, 0.2) is 33.7 Å². The van der Waals surface area contributed by atoms with Crippen LogP contribution in [0.1, 0.15) is 22.6 Å². The molecule has 0 saturated carbocycles. The van der Waals surface area contributed by atoms with Gasteiger partial charge in [0.25, 0.3) is 0 Å². The van der Waals surface area contributed by atoms with Crippen LogP contribution in [0.3, 0.4) is 0 Å². The number of nitrogens with zero attached hydrogens (tertiary/aromatic N) is 2. The molecular weight excluding hydrogens is 256 g/mol. The van der Waals surface area contributed by atoms with Crippen LogP contribution in [0.5, 0.6) is 0 Å². The Hall–Kier alpha value is -1.26. The van der Waals surface area contributed by atoms with E-state index in [2.05, 4.69) is 47.6 Å². The molecule has 102 valence electrons. The van der Waals surface area contributed by atoms with Crippen LogP contribution >= 0.6 is 11.8 Å². The third kappa shape index (κ3) is 3.61. The molecule has 0 aliphatic carbocycles. The molecule has 1 aromatic heterocycles. The van der Waals surface area contributed by atoms with Crippen LogP contribution in [0.2, 0.25) is 0 Å². The summed E-state index contributed by atoms with van der Waals surface area (Å²) in [5.74, 6) is 0.919. The van der Waals surface area contributed by atoms with Gasteiger partial charge in [-0.15, -0.1) is 11.8 Å². The first-order valence-electron chi connectivity index (χ1n) is 6.33.